The molecule has 1 aliphatic heterocycles. The van der Waals surface area contributed by atoms with Gasteiger partial charge in [-0.05, 0) is 55.2 Å². The summed E-state index contributed by atoms with van der Waals surface area (Å²) in [4.78, 5) is 29.5. The largest absolute Gasteiger partial charge is 0.491 e. The summed E-state index contributed by atoms with van der Waals surface area (Å²) in [5, 5.41) is 0.794. The molecule has 1 aromatic carbocycles. The highest BCUT2D eigenvalue weighted by Crippen LogP contribution is 2.55. The molecule has 2 aliphatic carbocycles. The molecular formula is C27H33Cl2NO3. The minimum atomic E-state index is -0.448. The van der Waals surface area contributed by atoms with Crippen LogP contribution in [0.25, 0.3) is 0 Å². The number of ketones is 2. The summed E-state index contributed by atoms with van der Waals surface area (Å²) in [6, 6.07) is 3.64. The van der Waals surface area contributed by atoms with Gasteiger partial charge in [0.2, 0.25) is 0 Å². The predicted molar refractivity (Wildman–Crippen MR) is 133 cm³/mol. The molecule has 4 rings (SSSR count). The summed E-state index contributed by atoms with van der Waals surface area (Å²) in [6.07, 6.45) is 2.51. The third-order valence-corrected chi connectivity index (χ3v) is 7.54. The van der Waals surface area contributed by atoms with Crippen LogP contribution >= 0.6 is 23.2 Å². The second-order valence-corrected chi connectivity index (χ2v) is 11.8. The average molecular weight is 490 g/mol. The molecule has 1 aromatic rings. The maximum atomic E-state index is 13.6. The molecule has 4 nitrogen and oxygen atoms in total. The van der Waals surface area contributed by atoms with Gasteiger partial charge in [-0.3, -0.25) is 9.59 Å². The molecule has 1 heterocycles. The molecule has 0 saturated carbocycles. The predicted octanol–water partition coefficient (Wildman–Crippen LogP) is 7.10. The molecule has 6 heteroatoms. The Kier molecular flexibility index (Phi) is 6.24. The van der Waals surface area contributed by atoms with E-state index < -0.39 is 5.92 Å². The van der Waals surface area contributed by atoms with Crippen LogP contribution in [0.4, 0.5) is 0 Å². The molecule has 0 fully saturated rings. The Balaban J connectivity index is 1.99. The van der Waals surface area contributed by atoms with Crippen molar-refractivity contribution in [2.45, 2.75) is 73.1 Å². The molecule has 0 bridgehead atoms. The quantitative estimate of drug-likeness (QED) is 0.452. The van der Waals surface area contributed by atoms with Gasteiger partial charge in [-0.15, -0.1) is 0 Å². The van der Waals surface area contributed by atoms with Crippen LogP contribution in [0.1, 0.15) is 78.7 Å². The first-order valence-corrected chi connectivity index (χ1v) is 12.6. The van der Waals surface area contributed by atoms with Gasteiger partial charge in [0, 0.05) is 47.8 Å². The molecule has 3 aliphatic rings. The number of allylic oxidation sites excluding steroid dienone is 4. The van der Waals surface area contributed by atoms with Crippen molar-refractivity contribution >= 4 is 34.8 Å². The Morgan fingerprint density at radius 1 is 0.879 bits per heavy atom. The van der Waals surface area contributed by atoms with Gasteiger partial charge >= 0.3 is 0 Å². The number of rotatable bonds is 4. The lowest BCUT2D eigenvalue weighted by Crippen LogP contribution is -2.44. The highest BCUT2D eigenvalue weighted by atomic mass is 35.5. The van der Waals surface area contributed by atoms with Gasteiger partial charge in [0.15, 0.2) is 17.3 Å². The lowest BCUT2D eigenvalue weighted by molar-refractivity contribution is -0.119. The van der Waals surface area contributed by atoms with E-state index in [1.165, 1.54) is 0 Å². The minimum Gasteiger partial charge on any atom is -0.491 e. The van der Waals surface area contributed by atoms with Crippen LogP contribution in [0.5, 0.6) is 5.75 Å². The van der Waals surface area contributed by atoms with Crippen LogP contribution in [-0.2, 0) is 9.59 Å². The smallest absolute Gasteiger partial charge is 0.162 e. The molecule has 0 N–H and O–H groups in total. The van der Waals surface area contributed by atoms with Crippen LogP contribution in [-0.4, -0.2) is 29.6 Å². The van der Waals surface area contributed by atoms with Gasteiger partial charge in [-0.2, -0.15) is 0 Å². The number of carbonyl (C=O) groups is 2. The number of halogens is 2. The molecule has 0 spiro atoms. The number of hydrogen-bond acceptors (Lipinski definition) is 4. The van der Waals surface area contributed by atoms with Gasteiger partial charge in [0.05, 0.1) is 16.7 Å². The van der Waals surface area contributed by atoms with Crippen LogP contribution in [0.2, 0.25) is 10.0 Å². The van der Waals surface area contributed by atoms with E-state index in [1.807, 2.05) is 19.1 Å². The SMILES string of the molecule is CCOc1c(Cl)cc(C2C3=C(CC(C)(C)CC3=O)N(CC)C3=C2C(=O)CC(C)(C)C3)cc1Cl. The summed E-state index contributed by atoms with van der Waals surface area (Å²) >= 11 is 13.2. The molecule has 0 saturated heterocycles. The maximum Gasteiger partial charge on any atom is 0.162 e. The fourth-order valence-corrected chi connectivity index (χ4v) is 6.40. The molecule has 33 heavy (non-hydrogen) atoms. The fraction of sp³-hybridized carbons (Fsp3) is 0.556. The second kappa shape index (κ2) is 8.46. The van der Waals surface area contributed by atoms with E-state index in [4.69, 9.17) is 27.9 Å². The van der Waals surface area contributed by atoms with Crippen molar-refractivity contribution in [1.29, 1.82) is 0 Å². The molecule has 0 radical (unpaired) electrons. The number of nitrogens with zero attached hydrogens (tertiary/aromatic N) is 1. The van der Waals surface area contributed by atoms with E-state index in [0.29, 0.717) is 35.2 Å². The molecule has 178 valence electrons. The van der Waals surface area contributed by atoms with Crippen molar-refractivity contribution in [2.24, 2.45) is 10.8 Å². The average Bonchev–Trinajstić information content (AvgIpc) is 2.67. The van der Waals surface area contributed by atoms with E-state index in [-0.39, 0.29) is 22.4 Å². The van der Waals surface area contributed by atoms with E-state index >= 15 is 0 Å². The zero-order chi connectivity index (χ0) is 24.3. The molecule has 0 amide bonds. The van der Waals surface area contributed by atoms with Gasteiger partial charge in [0.25, 0.3) is 0 Å². The minimum absolute atomic E-state index is 0.106. The Bertz CT molecular complexity index is 1020. The Hall–Kier alpha value is -1.78. The van der Waals surface area contributed by atoms with Crippen molar-refractivity contribution in [3.05, 3.63) is 50.3 Å². The third-order valence-electron chi connectivity index (χ3n) is 6.98. The molecule has 0 atom stereocenters. The number of ether oxygens (including phenoxy) is 1. The van der Waals surface area contributed by atoms with E-state index in [2.05, 4.69) is 39.5 Å². The summed E-state index contributed by atoms with van der Waals surface area (Å²) in [5.41, 5.74) is 4.09. The zero-order valence-electron chi connectivity index (χ0n) is 20.4. The molecular weight excluding hydrogens is 457 g/mol. The van der Waals surface area contributed by atoms with Crippen LogP contribution in [0.3, 0.4) is 0 Å². The van der Waals surface area contributed by atoms with E-state index in [0.717, 1.165) is 47.5 Å². The summed E-state index contributed by atoms with van der Waals surface area (Å²) in [7, 11) is 0. The van der Waals surface area contributed by atoms with Crippen LogP contribution in [0.15, 0.2) is 34.7 Å². The highest BCUT2D eigenvalue weighted by molar-refractivity contribution is 6.37. The summed E-state index contributed by atoms with van der Waals surface area (Å²) in [5.74, 6) is 0.201. The topological polar surface area (TPSA) is 46.6 Å². The van der Waals surface area contributed by atoms with Crippen molar-refractivity contribution in [3.63, 3.8) is 0 Å². The monoisotopic (exact) mass is 489 g/mol. The van der Waals surface area contributed by atoms with Crippen molar-refractivity contribution in [2.75, 3.05) is 13.2 Å². The first-order valence-electron chi connectivity index (χ1n) is 11.8. The van der Waals surface area contributed by atoms with Crippen molar-refractivity contribution in [3.8, 4) is 5.75 Å². The standard InChI is InChI=1S/C27H33Cl2NO3/c1-7-30-18-11-26(3,4)13-20(31)23(18)22(24-19(30)12-27(5,6)14-21(24)32)15-9-16(28)25(33-8-2)17(29)10-15/h9-10,22H,7-8,11-14H2,1-6H3. The Morgan fingerprint density at radius 3 is 1.73 bits per heavy atom. The van der Waals surface area contributed by atoms with Crippen molar-refractivity contribution in [1.82, 2.24) is 4.90 Å². The summed E-state index contributed by atoms with van der Waals surface area (Å²) < 4.78 is 5.62. The number of carbonyl (C=O) groups excluding carboxylic acids is 2. The van der Waals surface area contributed by atoms with E-state index in [1.54, 1.807) is 0 Å². The van der Waals surface area contributed by atoms with E-state index in [9.17, 15) is 9.59 Å². The van der Waals surface area contributed by atoms with Crippen molar-refractivity contribution < 1.29 is 14.3 Å². The third kappa shape index (κ3) is 4.25. The normalized spacial score (nSPS) is 22.5. The fourth-order valence-electron chi connectivity index (χ4n) is 5.79. The lowest BCUT2D eigenvalue weighted by atomic mass is 9.63. The van der Waals surface area contributed by atoms with Crippen LogP contribution in [0, 0.1) is 10.8 Å². The zero-order valence-corrected chi connectivity index (χ0v) is 21.9. The molecule has 0 aromatic heterocycles. The molecule has 0 unspecified atom stereocenters. The second-order valence-electron chi connectivity index (χ2n) is 11.0. The number of Topliss-reactive ketones (excluding diaryl/α,β-unsaturated/α-hetero) is 2. The summed E-state index contributed by atoms with van der Waals surface area (Å²) in [6.45, 7) is 13.7. The van der Waals surface area contributed by atoms with Gasteiger partial charge < -0.3 is 9.64 Å². The first kappa shape index (κ1) is 24.3. The van der Waals surface area contributed by atoms with Gasteiger partial charge in [-0.1, -0.05) is 50.9 Å². The Morgan fingerprint density at radius 2 is 1.33 bits per heavy atom. The van der Waals surface area contributed by atoms with Gasteiger partial charge in [0.1, 0.15) is 0 Å². The van der Waals surface area contributed by atoms with Crippen LogP contribution < -0.4 is 4.74 Å². The maximum absolute atomic E-state index is 13.6. The lowest BCUT2D eigenvalue weighted by Gasteiger charge is -2.49. The first-order chi connectivity index (χ1) is 15.4. The number of benzene rings is 1. The Labute approximate surface area is 207 Å². The van der Waals surface area contributed by atoms with Gasteiger partial charge in [-0.25, -0.2) is 0 Å². The number of hydrogen-bond donors (Lipinski definition) is 0. The highest BCUT2D eigenvalue weighted by Gasteiger charge is 2.48.